The van der Waals surface area contributed by atoms with Crippen LogP contribution in [-0.2, 0) is 6.42 Å². The summed E-state index contributed by atoms with van der Waals surface area (Å²) in [7, 11) is 0. The number of fused-ring (bicyclic) bond motifs is 1. The Hall–Kier alpha value is -1.87. The van der Waals surface area contributed by atoms with Crippen molar-refractivity contribution >= 4 is 0 Å². The molecular weight excluding hydrogens is 265 g/mol. The van der Waals surface area contributed by atoms with Crippen molar-refractivity contribution in [3.8, 4) is 16.9 Å². The van der Waals surface area contributed by atoms with Crippen LogP contribution < -0.4 is 10.1 Å². The molecule has 1 aliphatic heterocycles. The van der Waals surface area contributed by atoms with Gasteiger partial charge in [0.05, 0.1) is 6.61 Å². The summed E-state index contributed by atoms with van der Waals surface area (Å²) in [5, 5.41) is 3.40. The second-order valence-corrected chi connectivity index (χ2v) is 5.43. The van der Waals surface area contributed by atoms with E-state index in [9.17, 15) is 4.39 Å². The lowest BCUT2D eigenvalue weighted by molar-refractivity contribution is 0.357. The normalized spacial score (nSPS) is 14.6. The molecule has 1 N–H and O–H groups in total. The Morgan fingerprint density at radius 1 is 1.24 bits per heavy atom. The summed E-state index contributed by atoms with van der Waals surface area (Å²) in [6.07, 6.45) is 0.927. The van der Waals surface area contributed by atoms with Crippen molar-refractivity contribution in [2.45, 2.75) is 26.3 Å². The largest absolute Gasteiger partial charge is 0.493 e. The highest BCUT2D eigenvalue weighted by Gasteiger charge is 2.16. The lowest BCUT2D eigenvalue weighted by atomic mass is 9.94. The minimum absolute atomic E-state index is 0.190. The van der Waals surface area contributed by atoms with Gasteiger partial charge in [-0.1, -0.05) is 19.1 Å². The SMILES string of the molecule is CCNC(C)c1ccc(F)cc1-c1ccc2c(c1)CCO2. The molecule has 0 amide bonds. The molecule has 0 radical (unpaired) electrons. The molecule has 0 spiro atoms. The molecule has 1 unspecified atom stereocenters. The lowest BCUT2D eigenvalue weighted by Gasteiger charge is -2.18. The minimum Gasteiger partial charge on any atom is -0.493 e. The third-order valence-corrected chi connectivity index (χ3v) is 3.99. The third kappa shape index (κ3) is 2.79. The molecule has 2 nitrogen and oxygen atoms in total. The van der Waals surface area contributed by atoms with Gasteiger partial charge in [0.1, 0.15) is 11.6 Å². The van der Waals surface area contributed by atoms with Gasteiger partial charge in [-0.15, -0.1) is 0 Å². The van der Waals surface area contributed by atoms with E-state index in [1.165, 1.54) is 11.6 Å². The standard InChI is InChI=1S/C18H20FNO/c1-3-20-12(2)16-6-5-15(19)11-17(16)13-4-7-18-14(10-13)8-9-21-18/h4-7,10-12,20H,3,8-9H2,1-2H3. The van der Waals surface area contributed by atoms with E-state index in [0.717, 1.165) is 42.0 Å². The van der Waals surface area contributed by atoms with Gasteiger partial charge in [0, 0.05) is 12.5 Å². The Morgan fingerprint density at radius 3 is 2.90 bits per heavy atom. The van der Waals surface area contributed by atoms with E-state index in [1.54, 1.807) is 6.07 Å². The topological polar surface area (TPSA) is 21.3 Å². The lowest BCUT2D eigenvalue weighted by Crippen LogP contribution is -2.18. The number of halogens is 1. The number of hydrogen-bond acceptors (Lipinski definition) is 2. The van der Waals surface area contributed by atoms with Crippen LogP contribution in [0.25, 0.3) is 11.1 Å². The molecule has 1 atom stereocenters. The van der Waals surface area contributed by atoms with Gasteiger partial charge < -0.3 is 10.1 Å². The second-order valence-electron chi connectivity index (χ2n) is 5.43. The molecule has 110 valence electrons. The van der Waals surface area contributed by atoms with Crippen molar-refractivity contribution in [1.29, 1.82) is 0 Å². The van der Waals surface area contributed by atoms with E-state index in [2.05, 4.69) is 25.2 Å². The molecule has 1 heterocycles. The van der Waals surface area contributed by atoms with Crippen molar-refractivity contribution in [1.82, 2.24) is 5.32 Å². The number of ether oxygens (including phenoxy) is 1. The maximum atomic E-state index is 13.7. The van der Waals surface area contributed by atoms with Gasteiger partial charge in [0.2, 0.25) is 0 Å². The van der Waals surface area contributed by atoms with Crippen molar-refractivity contribution in [2.24, 2.45) is 0 Å². The fraction of sp³-hybridized carbons (Fsp3) is 0.333. The summed E-state index contributed by atoms with van der Waals surface area (Å²) in [6.45, 7) is 5.81. The van der Waals surface area contributed by atoms with E-state index in [1.807, 2.05) is 18.2 Å². The predicted molar refractivity (Wildman–Crippen MR) is 83.1 cm³/mol. The number of benzene rings is 2. The Morgan fingerprint density at radius 2 is 2.10 bits per heavy atom. The van der Waals surface area contributed by atoms with Crippen LogP contribution in [0.15, 0.2) is 36.4 Å². The van der Waals surface area contributed by atoms with Gasteiger partial charge in [0.15, 0.2) is 0 Å². The summed E-state index contributed by atoms with van der Waals surface area (Å²) in [5.41, 5.74) is 4.34. The van der Waals surface area contributed by atoms with E-state index in [4.69, 9.17) is 4.74 Å². The zero-order chi connectivity index (χ0) is 14.8. The maximum absolute atomic E-state index is 13.7. The monoisotopic (exact) mass is 285 g/mol. The zero-order valence-corrected chi connectivity index (χ0v) is 12.4. The third-order valence-electron chi connectivity index (χ3n) is 3.99. The molecule has 3 rings (SSSR count). The molecule has 0 saturated heterocycles. The Kier molecular flexibility index (Phi) is 3.93. The van der Waals surface area contributed by atoms with Gasteiger partial charge in [-0.05, 0) is 60.0 Å². The highest BCUT2D eigenvalue weighted by molar-refractivity contribution is 5.70. The molecule has 0 aromatic heterocycles. The van der Waals surface area contributed by atoms with Crippen molar-refractivity contribution in [2.75, 3.05) is 13.2 Å². The van der Waals surface area contributed by atoms with Gasteiger partial charge in [-0.3, -0.25) is 0 Å². The highest BCUT2D eigenvalue weighted by Crippen LogP contribution is 2.34. The maximum Gasteiger partial charge on any atom is 0.123 e. The first-order valence-electron chi connectivity index (χ1n) is 7.48. The van der Waals surface area contributed by atoms with Crippen LogP contribution in [0.5, 0.6) is 5.75 Å². The molecule has 0 fully saturated rings. The quantitative estimate of drug-likeness (QED) is 0.913. The van der Waals surface area contributed by atoms with Gasteiger partial charge in [-0.25, -0.2) is 4.39 Å². The first kappa shape index (κ1) is 14.1. The summed E-state index contributed by atoms with van der Waals surface area (Å²) < 4.78 is 19.3. The van der Waals surface area contributed by atoms with Gasteiger partial charge in [-0.2, -0.15) is 0 Å². The van der Waals surface area contributed by atoms with Crippen molar-refractivity contribution in [3.63, 3.8) is 0 Å². The first-order chi connectivity index (χ1) is 10.2. The molecule has 2 aromatic rings. The number of hydrogen-bond donors (Lipinski definition) is 1. The highest BCUT2D eigenvalue weighted by atomic mass is 19.1. The van der Waals surface area contributed by atoms with E-state index in [-0.39, 0.29) is 11.9 Å². The van der Waals surface area contributed by atoms with Crippen LogP contribution in [0, 0.1) is 5.82 Å². The fourth-order valence-electron chi connectivity index (χ4n) is 2.93. The van der Waals surface area contributed by atoms with Crippen LogP contribution in [0.1, 0.15) is 31.0 Å². The van der Waals surface area contributed by atoms with Crippen LogP contribution in [-0.4, -0.2) is 13.2 Å². The fourth-order valence-corrected chi connectivity index (χ4v) is 2.93. The molecule has 3 heteroatoms. The molecule has 0 aliphatic carbocycles. The van der Waals surface area contributed by atoms with Crippen LogP contribution >= 0.6 is 0 Å². The molecule has 21 heavy (non-hydrogen) atoms. The van der Waals surface area contributed by atoms with Crippen LogP contribution in [0.3, 0.4) is 0 Å². The van der Waals surface area contributed by atoms with Crippen LogP contribution in [0.4, 0.5) is 4.39 Å². The molecular formula is C18H20FNO. The summed E-state index contributed by atoms with van der Waals surface area (Å²) in [5.74, 6) is 0.755. The van der Waals surface area contributed by atoms with E-state index < -0.39 is 0 Å². The smallest absolute Gasteiger partial charge is 0.123 e. The molecule has 2 aromatic carbocycles. The number of rotatable bonds is 4. The van der Waals surface area contributed by atoms with Crippen LogP contribution in [0.2, 0.25) is 0 Å². The second kappa shape index (κ2) is 5.86. The van der Waals surface area contributed by atoms with Gasteiger partial charge >= 0.3 is 0 Å². The zero-order valence-electron chi connectivity index (χ0n) is 12.4. The average molecular weight is 285 g/mol. The predicted octanol–water partition coefficient (Wildman–Crippen LogP) is 4.10. The van der Waals surface area contributed by atoms with E-state index in [0.29, 0.717) is 0 Å². The first-order valence-corrected chi connectivity index (χ1v) is 7.48. The van der Waals surface area contributed by atoms with E-state index >= 15 is 0 Å². The van der Waals surface area contributed by atoms with Crippen molar-refractivity contribution in [3.05, 3.63) is 53.3 Å². The minimum atomic E-state index is -0.200. The summed E-state index contributed by atoms with van der Waals surface area (Å²) in [6, 6.07) is 11.4. The molecule has 0 bridgehead atoms. The van der Waals surface area contributed by atoms with Crippen molar-refractivity contribution < 1.29 is 9.13 Å². The summed E-state index contributed by atoms with van der Waals surface area (Å²) >= 11 is 0. The number of nitrogens with one attached hydrogen (secondary N) is 1. The summed E-state index contributed by atoms with van der Waals surface area (Å²) in [4.78, 5) is 0. The van der Waals surface area contributed by atoms with Gasteiger partial charge in [0.25, 0.3) is 0 Å². The Bertz CT molecular complexity index is 654. The molecule has 0 saturated carbocycles. The average Bonchev–Trinajstić information content (AvgIpc) is 2.94. The molecule has 1 aliphatic rings. The Labute approximate surface area is 125 Å². The Balaban J connectivity index is 2.06.